The molecule has 0 radical (unpaired) electrons. The Labute approximate surface area is 194 Å². The van der Waals surface area contributed by atoms with Crippen LogP contribution in [0.5, 0.6) is 0 Å². The fraction of sp³-hybridized carbons (Fsp3) is 0.391. The third kappa shape index (κ3) is 5.49. The summed E-state index contributed by atoms with van der Waals surface area (Å²) in [5, 5.41) is 3.39. The molecule has 7 nitrogen and oxygen atoms in total. The largest absolute Gasteiger partial charge is 0.351 e. The van der Waals surface area contributed by atoms with Crippen LogP contribution in [0.2, 0.25) is 5.02 Å². The quantitative estimate of drug-likeness (QED) is 0.692. The molecule has 0 bridgehead atoms. The summed E-state index contributed by atoms with van der Waals surface area (Å²) in [5.74, 6) is -0.371. The van der Waals surface area contributed by atoms with Gasteiger partial charge in [0.1, 0.15) is 6.04 Å². The van der Waals surface area contributed by atoms with E-state index >= 15 is 0 Å². The number of amides is 2. The molecule has 1 atom stereocenters. The Morgan fingerprint density at radius 2 is 1.69 bits per heavy atom. The van der Waals surface area contributed by atoms with Crippen molar-refractivity contribution in [3.63, 3.8) is 0 Å². The third-order valence-electron chi connectivity index (χ3n) is 5.61. The number of rotatable bonds is 6. The van der Waals surface area contributed by atoms with Crippen molar-refractivity contribution < 1.29 is 18.0 Å². The molecule has 1 aliphatic heterocycles. The highest BCUT2D eigenvalue weighted by Gasteiger charge is 2.40. The first-order valence-electron chi connectivity index (χ1n) is 10.5. The molecule has 0 saturated carbocycles. The van der Waals surface area contributed by atoms with E-state index < -0.39 is 22.0 Å². The Kier molecular flexibility index (Phi) is 7.59. The predicted molar refractivity (Wildman–Crippen MR) is 124 cm³/mol. The highest BCUT2D eigenvalue weighted by atomic mass is 35.5. The molecule has 9 heteroatoms. The smallest absolute Gasteiger partial charge is 0.243 e. The highest BCUT2D eigenvalue weighted by molar-refractivity contribution is 7.89. The van der Waals surface area contributed by atoms with Gasteiger partial charge in [-0.15, -0.1) is 0 Å². The van der Waals surface area contributed by atoms with Crippen molar-refractivity contribution in [2.45, 2.75) is 44.2 Å². The van der Waals surface area contributed by atoms with Gasteiger partial charge in [0.05, 0.1) is 4.90 Å². The van der Waals surface area contributed by atoms with Crippen LogP contribution in [0.25, 0.3) is 0 Å². The number of carbonyl (C=O) groups excluding carboxylic acids is 2. The summed E-state index contributed by atoms with van der Waals surface area (Å²) < 4.78 is 28.0. The summed E-state index contributed by atoms with van der Waals surface area (Å²) in [6.07, 6.45) is 0. The molecular weight excluding hydrogens is 450 g/mol. The van der Waals surface area contributed by atoms with Crippen LogP contribution in [0.15, 0.2) is 53.4 Å². The van der Waals surface area contributed by atoms with Gasteiger partial charge in [-0.05, 0) is 41.3 Å². The summed E-state index contributed by atoms with van der Waals surface area (Å²) in [6, 6.07) is 12.7. The molecule has 1 fully saturated rings. The lowest BCUT2D eigenvalue weighted by atomic mass is 10.0. The van der Waals surface area contributed by atoms with E-state index in [2.05, 4.69) is 5.32 Å². The number of nitrogens with zero attached hydrogens (tertiary/aromatic N) is 2. The van der Waals surface area contributed by atoms with Crippen LogP contribution in [0.3, 0.4) is 0 Å². The number of sulfonamides is 1. The maximum Gasteiger partial charge on any atom is 0.243 e. The van der Waals surface area contributed by atoms with Gasteiger partial charge < -0.3 is 10.2 Å². The number of carbonyl (C=O) groups is 2. The summed E-state index contributed by atoms with van der Waals surface area (Å²) >= 11 is 5.90. The minimum Gasteiger partial charge on any atom is -0.351 e. The number of nitrogens with one attached hydrogen (secondary N) is 1. The first kappa shape index (κ1) is 24.2. The Morgan fingerprint density at radius 3 is 2.25 bits per heavy atom. The Hall–Kier alpha value is -2.42. The highest BCUT2D eigenvalue weighted by Crippen LogP contribution is 2.24. The van der Waals surface area contributed by atoms with Crippen LogP contribution in [0.1, 0.15) is 37.8 Å². The summed E-state index contributed by atoms with van der Waals surface area (Å²) in [4.78, 5) is 26.6. The lowest BCUT2D eigenvalue weighted by Gasteiger charge is -2.39. The molecule has 2 aromatic carbocycles. The van der Waals surface area contributed by atoms with E-state index in [0.717, 1.165) is 11.1 Å². The molecule has 1 saturated heterocycles. The lowest BCUT2D eigenvalue weighted by molar-refractivity contribution is -0.134. The van der Waals surface area contributed by atoms with E-state index in [-0.39, 0.29) is 42.9 Å². The average Bonchev–Trinajstić information content (AvgIpc) is 2.78. The van der Waals surface area contributed by atoms with Crippen LogP contribution in [-0.2, 0) is 26.2 Å². The molecular formula is C23H28ClN3O4S. The standard InChI is InChI=1S/C23H28ClN3O4S/c1-16(2)19-6-10-21(11-7-19)32(30,31)27-13-12-26(17(3)28)15-22(27)23(29)25-14-18-4-8-20(24)9-5-18/h4-11,16,22H,12-15H2,1-3H3,(H,25,29). The van der Waals surface area contributed by atoms with Gasteiger partial charge in [-0.3, -0.25) is 9.59 Å². The van der Waals surface area contributed by atoms with Crippen molar-refractivity contribution in [2.75, 3.05) is 19.6 Å². The van der Waals surface area contributed by atoms with Gasteiger partial charge in [0, 0.05) is 38.1 Å². The molecule has 32 heavy (non-hydrogen) atoms. The van der Waals surface area contributed by atoms with Gasteiger partial charge >= 0.3 is 0 Å². The van der Waals surface area contributed by atoms with Gasteiger partial charge in [-0.2, -0.15) is 4.31 Å². The number of piperazine rings is 1. The second-order valence-electron chi connectivity index (χ2n) is 8.16. The van der Waals surface area contributed by atoms with E-state index in [1.54, 1.807) is 48.5 Å². The molecule has 1 N–H and O–H groups in total. The fourth-order valence-corrected chi connectivity index (χ4v) is 5.32. The molecule has 1 heterocycles. The number of benzene rings is 2. The average molecular weight is 478 g/mol. The number of hydrogen-bond donors (Lipinski definition) is 1. The van der Waals surface area contributed by atoms with Gasteiger partial charge in [0.2, 0.25) is 21.8 Å². The van der Waals surface area contributed by atoms with Crippen LogP contribution in [0.4, 0.5) is 0 Å². The first-order chi connectivity index (χ1) is 15.1. The molecule has 0 spiro atoms. The second kappa shape index (κ2) is 10.0. The van der Waals surface area contributed by atoms with E-state index in [9.17, 15) is 18.0 Å². The molecule has 2 aromatic rings. The zero-order chi connectivity index (χ0) is 23.5. The summed E-state index contributed by atoms with van der Waals surface area (Å²) in [5.41, 5.74) is 1.86. The molecule has 2 amide bonds. The monoisotopic (exact) mass is 477 g/mol. The number of hydrogen-bond acceptors (Lipinski definition) is 4. The van der Waals surface area contributed by atoms with Crippen LogP contribution < -0.4 is 5.32 Å². The number of halogens is 1. The van der Waals surface area contributed by atoms with Crippen LogP contribution in [0, 0.1) is 0 Å². The van der Waals surface area contributed by atoms with Gasteiger partial charge in [-0.1, -0.05) is 49.7 Å². The topological polar surface area (TPSA) is 86.8 Å². The SMILES string of the molecule is CC(=O)N1CCN(S(=O)(=O)c2ccc(C(C)C)cc2)C(C(=O)NCc2ccc(Cl)cc2)C1. The molecule has 172 valence electrons. The molecule has 3 rings (SSSR count). The van der Waals surface area contributed by atoms with Crippen LogP contribution in [-0.4, -0.2) is 55.1 Å². The minimum atomic E-state index is -3.92. The molecule has 0 aromatic heterocycles. The maximum absolute atomic E-state index is 13.4. The normalized spacial score (nSPS) is 17.4. The predicted octanol–water partition coefficient (Wildman–Crippen LogP) is 3.00. The van der Waals surface area contributed by atoms with Crippen molar-refractivity contribution >= 4 is 33.4 Å². The van der Waals surface area contributed by atoms with Crippen molar-refractivity contribution in [1.82, 2.24) is 14.5 Å². The van der Waals surface area contributed by atoms with Crippen molar-refractivity contribution in [3.05, 3.63) is 64.7 Å². The van der Waals surface area contributed by atoms with Gasteiger partial charge in [-0.25, -0.2) is 8.42 Å². The third-order valence-corrected chi connectivity index (χ3v) is 7.79. The Balaban J connectivity index is 1.83. The van der Waals surface area contributed by atoms with E-state index in [1.165, 1.54) is 16.1 Å². The second-order valence-corrected chi connectivity index (χ2v) is 10.5. The first-order valence-corrected chi connectivity index (χ1v) is 12.3. The Bertz CT molecular complexity index is 1070. The maximum atomic E-state index is 13.4. The molecule has 0 aliphatic carbocycles. The van der Waals surface area contributed by atoms with Crippen molar-refractivity contribution in [1.29, 1.82) is 0 Å². The zero-order valence-electron chi connectivity index (χ0n) is 18.4. The summed E-state index contributed by atoms with van der Waals surface area (Å²) in [6.45, 7) is 6.00. The van der Waals surface area contributed by atoms with Gasteiger partial charge in [0.25, 0.3) is 0 Å². The van der Waals surface area contributed by atoms with Crippen LogP contribution >= 0.6 is 11.6 Å². The van der Waals surface area contributed by atoms with Crippen molar-refractivity contribution in [2.24, 2.45) is 0 Å². The summed E-state index contributed by atoms with van der Waals surface area (Å²) in [7, 11) is -3.92. The van der Waals surface area contributed by atoms with Gasteiger partial charge in [0.15, 0.2) is 0 Å². The van der Waals surface area contributed by atoms with E-state index in [1.807, 2.05) is 13.8 Å². The zero-order valence-corrected chi connectivity index (χ0v) is 20.0. The Morgan fingerprint density at radius 1 is 1.06 bits per heavy atom. The lowest BCUT2D eigenvalue weighted by Crippen LogP contribution is -2.61. The van der Waals surface area contributed by atoms with E-state index in [0.29, 0.717) is 5.02 Å². The fourth-order valence-electron chi connectivity index (χ4n) is 3.62. The van der Waals surface area contributed by atoms with Crippen molar-refractivity contribution in [3.8, 4) is 0 Å². The molecule has 1 unspecified atom stereocenters. The molecule has 1 aliphatic rings. The van der Waals surface area contributed by atoms with E-state index in [4.69, 9.17) is 11.6 Å². The minimum absolute atomic E-state index is 0.00505.